The first kappa shape index (κ1) is 20.4. The summed E-state index contributed by atoms with van der Waals surface area (Å²) in [5, 5.41) is 6.62. The Bertz CT molecular complexity index is 1460. The maximum atomic E-state index is 12.1. The number of fused-ring (bicyclic) bond motifs is 4. The lowest BCUT2D eigenvalue weighted by Crippen LogP contribution is -1.99. The third-order valence-electron chi connectivity index (χ3n) is 5.28. The van der Waals surface area contributed by atoms with Crippen LogP contribution < -0.4 is 5.43 Å². The van der Waals surface area contributed by atoms with Crippen LogP contribution in [0.15, 0.2) is 111 Å². The summed E-state index contributed by atoms with van der Waals surface area (Å²) >= 11 is 9.06. The van der Waals surface area contributed by atoms with Crippen molar-refractivity contribution < 1.29 is 0 Å². The molecule has 0 amide bonds. The molecule has 1 nitrogen and oxygen atoms in total. The van der Waals surface area contributed by atoms with Crippen LogP contribution in [0.25, 0.3) is 41.7 Å². The molecule has 4 heteroatoms. The van der Waals surface area contributed by atoms with E-state index < -0.39 is 0 Å². The van der Waals surface area contributed by atoms with Gasteiger partial charge in [-0.3, -0.25) is 4.79 Å². The van der Waals surface area contributed by atoms with Crippen molar-refractivity contribution >= 4 is 84.9 Å². The van der Waals surface area contributed by atoms with Gasteiger partial charge in [0.2, 0.25) is 0 Å². The normalized spacial score (nSPS) is 11.0. The number of halogens is 2. The number of benzene rings is 5. The molecule has 5 aromatic carbocycles. The first-order valence-corrected chi connectivity index (χ1v) is 12.2. The van der Waals surface area contributed by atoms with Gasteiger partial charge in [0.25, 0.3) is 0 Å². The van der Waals surface area contributed by atoms with Gasteiger partial charge < -0.3 is 0 Å². The topological polar surface area (TPSA) is 17.1 Å². The van der Waals surface area contributed by atoms with Crippen molar-refractivity contribution in [1.29, 1.82) is 0 Å². The van der Waals surface area contributed by atoms with Gasteiger partial charge >= 0.3 is 0 Å². The van der Waals surface area contributed by atoms with Crippen LogP contribution in [0, 0.1) is 0 Å². The molecule has 0 fully saturated rings. The number of hydrogen-bond donors (Lipinski definition) is 0. The highest BCUT2D eigenvalue weighted by Gasteiger charge is 2.09. The van der Waals surface area contributed by atoms with Crippen molar-refractivity contribution in [2.45, 2.75) is 0 Å². The third-order valence-corrected chi connectivity index (χ3v) is 8.14. The first-order chi connectivity index (χ1) is 15.1. The van der Waals surface area contributed by atoms with Gasteiger partial charge in [0.1, 0.15) is 0 Å². The Labute approximate surface area is 200 Å². The molecule has 1 heterocycles. The van der Waals surface area contributed by atoms with Gasteiger partial charge in [0.15, 0.2) is 5.43 Å². The van der Waals surface area contributed by atoms with Crippen LogP contribution in [0.3, 0.4) is 0 Å². The van der Waals surface area contributed by atoms with Crippen molar-refractivity contribution in [3.05, 3.63) is 116 Å². The zero-order chi connectivity index (χ0) is 21.4. The lowest BCUT2D eigenvalue weighted by molar-refractivity contribution is 1.72. The second-order valence-electron chi connectivity index (χ2n) is 7.14. The molecule has 0 atom stereocenters. The third kappa shape index (κ3) is 3.69. The fourth-order valence-electron chi connectivity index (χ4n) is 3.77. The summed E-state index contributed by atoms with van der Waals surface area (Å²) in [5.41, 5.74) is 0.139. The van der Waals surface area contributed by atoms with E-state index in [-0.39, 0.29) is 5.43 Å². The van der Waals surface area contributed by atoms with Crippen LogP contribution in [0.1, 0.15) is 0 Å². The highest BCUT2D eigenvalue weighted by atomic mass is 79.9. The Hall–Kier alpha value is -2.53. The van der Waals surface area contributed by atoms with E-state index in [1.165, 1.54) is 30.5 Å². The van der Waals surface area contributed by atoms with E-state index in [1.54, 1.807) is 11.3 Å². The van der Waals surface area contributed by atoms with Gasteiger partial charge in [0.05, 0.1) is 0 Å². The summed E-state index contributed by atoms with van der Waals surface area (Å²) in [6, 6.07) is 32.3. The van der Waals surface area contributed by atoms with E-state index in [1.807, 2.05) is 48.5 Å². The fraction of sp³-hybridized carbons (Fsp3) is 0. The summed E-state index contributed by atoms with van der Waals surface area (Å²) < 4.78 is 4.45. The van der Waals surface area contributed by atoms with Gasteiger partial charge in [-0.2, -0.15) is 0 Å². The predicted octanol–water partition coefficient (Wildman–Crippen LogP) is 8.93. The van der Waals surface area contributed by atoms with Gasteiger partial charge in [-0.25, -0.2) is 0 Å². The van der Waals surface area contributed by atoms with E-state index in [9.17, 15) is 4.79 Å². The van der Waals surface area contributed by atoms with Crippen LogP contribution in [-0.4, -0.2) is 0 Å². The first-order valence-electron chi connectivity index (χ1n) is 9.80. The lowest BCUT2D eigenvalue weighted by atomic mass is 10.0. The summed E-state index contributed by atoms with van der Waals surface area (Å²) in [7, 11) is 0. The molecule has 0 bridgehead atoms. The molecular weight excluding hydrogens is 532 g/mol. The van der Waals surface area contributed by atoms with E-state index in [0.29, 0.717) is 0 Å². The summed E-state index contributed by atoms with van der Waals surface area (Å²) in [5.74, 6) is 0. The lowest BCUT2D eigenvalue weighted by Gasteiger charge is -2.09. The number of rotatable bonds is 0. The highest BCUT2D eigenvalue weighted by Crippen LogP contribution is 2.38. The van der Waals surface area contributed by atoms with Crippen LogP contribution >= 0.6 is 43.2 Å². The quantitative estimate of drug-likeness (QED) is 0.173. The van der Waals surface area contributed by atoms with Crippen molar-refractivity contribution in [2.24, 2.45) is 0 Å². The van der Waals surface area contributed by atoms with Crippen LogP contribution in [0.2, 0.25) is 0 Å². The largest absolute Gasteiger partial charge is 0.289 e. The summed E-state index contributed by atoms with van der Waals surface area (Å²) in [4.78, 5) is 12.1. The highest BCUT2D eigenvalue weighted by molar-refractivity contribution is 9.11. The molecule has 0 saturated heterocycles. The number of hydrogen-bond acceptors (Lipinski definition) is 2. The molecule has 31 heavy (non-hydrogen) atoms. The Morgan fingerprint density at radius 2 is 0.742 bits per heavy atom. The van der Waals surface area contributed by atoms with Crippen LogP contribution in [-0.2, 0) is 0 Å². The van der Waals surface area contributed by atoms with Gasteiger partial charge in [-0.05, 0) is 77.7 Å². The molecule has 0 spiro atoms. The average Bonchev–Trinajstić information content (AvgIpc) is 2.83. The van der Waals surface area contributed by atoms with Crippen molar-refractivity contribution in [3.63, 3.8) is 0 Å². The molecule has 0 aliphatic carbocycles. The fourth-order valence-corrected chi connectivity index (χ4v) is 6.23. The molecule has 0 N–H and O–H groups in total. The maximum Gasteiger partial charge on any atom is 0.195 e. The van der Waals surface area contributed by atoms with Gasteiger partial charge in [-0.1, -0.05) is 72.8 Å². The molecule has 1 aromatic heterocycles. The zero-order valence-electron chi connectivity index (χ0n) is 16.3. The van der Waals surface area contributed by atoms with E-state index >= 15 is 0 Å². The van der Waals surface area contributed by atoms with Crippen LogP contribution in [0.5, 0.6) is 0 Å². The molecule has 0 aliphatic rings. The summed E-state index contributed by atoms with van der Waals surface area (Å²) in [6.07, 6.45) is 0. The molecule has 6 rings (SSSR count). The Balaban J connectivity index is 0.000000132. The molecule has 0 radical (unpaired) electrons. The smallest absolute Gasteiger partial charge is 0.195 e. The zero-order valence-corrected chi connectivity index (χ0v) is 20.3. The molecule has 150 valence electrons. The predicted molar refractivity (Wildman–Crippen MR) is 142 cm³/mol. The SMILES string of the molecule is Brc1c2ccccc2c(Br)c2ccccc12.O=c1c2ccccc2sc2ccccc12. The average molecular weight is 548 g/mol. The molecule has 0 aliphatic heterocycles. The monoisotopic (exact) mass is 546 g/mol. The minimum absolute atomic E-state index is 0.139. The van der Waals surface area contributed by atoms with E-state index in [0.717, 1.165) is 20.2 Å². The minimum atomic E-state index is 0.139. The minimum Gasteiger partial charge on any atom is -0.289 e. The Morgan fingerprint density at radius 3 is 1.10 bits per heavy atom. The second kappa shape index (κ2) is 8.54. The van der Waals surface area contributed by atoms with E-state index in [4.69, 9.17) is 0 Å². The second-order valence-corrected chi connectivity index (χ2v) is 9.81. The Kier molecular flexibility index (Phi) is 5.61. The Morgan fingerprint density at radius 1 is 0.452 bits per heavy atom. The standard InChI is InChI=1S/C14H8Br2.C13H8OS/c15-13-9-5-1-2-6-10(9)14(16)12-8-4-3-7-11(12)13;14-13-9-5-1-3-7-11(9)15-12-8-4-2-6-10(12)13/h1-8H;1-8H. The van der Waals surface area contributed by atoms with Gasteiger partial charge in [-0.15, -0.1) is 11.3 Å². The summed E-state index contributed by atoms with van der Waals surface area (Å²) in [6.45, 7) is 0. The molecule has 0 unspecified atom stereocenters. The van der Waals surface area contributed by atoms with Crippen LogP contribution in [0.4, 0.5) is 0 Å². The molecule has 6 aromatic rings. The van der Waals surface area contributed by atoms with Gasteiger partial charge in [0, 0.05) is 29.1 Å². The van der Waals surface area contributed by atoms with E-state index in [2.05, 4.69) is 80.4 Å². The van der Waals surface area contributed by atoms with Crippen molar-refractivity contribution in [1.82, 2.24) is 0 Å². The van der Waals surface area contributed by atoms with Crippen molar-refractivity contribution in [2.75, 3.05) is 0 Å². The maximum absolute atomic E-state index is 12.1. The van der Waals surface area contributed by atoms with Crippen molar-refractivity contribution in [3.8, 4) is 0 Å². The molecule has 0 saturated carbocycles. The molecular formula is C27H16Br2OS.